The van der Waals surface area contributed by atoms with Crippen molar-refractivity contribution in [2.24, 2.45) is 5.73 Å². The number of nitrogens with one attached hydrogen (secondary N) is 3. The molecule has 0 unspecified atom stereocenters. The summed E-state index contributed by atoms with van der Waals surface area (Å²) in [6.07, 6.45) is 4.82. The zero-order chi connectivity index (χ0) is 27.6. The highest BCUT2D eigenvalue weighted by Crippen LogP contribution is 2.27. The van der Waals surface area contributed by atoms with Crippen molar-refractivity contribution in [3.05, 3.63) is 59.4 Å². The summed E-state index contributed by atoms with van der Waals surface area (Å²) < 4.78 is 5.29. The minimum absolute atomic E-state index is 0.142. The van der Waals surface area contributed by atoms with Crippen LogP contribution in [0.4, 0.5) is 5.69 Å². The largest absolute Gasteiger partial charge is 0.398 e. The molecule has 0 bridgehead atoms. The number of nitrogens with zero attached hydrogens (tertiary/aromatic N) is 2. The SMILES string of the molecule is C/C(=C(/N)c1ccccc1NC=O)c1nc2ccc(C(=O)NCCCCCCC(=O)N3CCOCC3)cc2[nH]1. The third kappa shape index (κ3) is 7.23. The van der Waals surface area contributed by atoms with Gasteiger partial charge in [-0.1, -0.05) is 31.0 Å². The number of benzene rings is 2. The van der Waals surface area contributed by atoms with Crippen LogP contribution in [-0.4, -0.2) is 65.9 Å². The van der Waals surface area contributed by atoms with Crippen LogP contribution in [0.25, 0.3) is 22.3 Å². The smallest absolute Gasteiger partial charge is 0.251 e. The molecule has 10 heteroatoms. The lowest BCUT2D eigenvalue weighted by atomic mass is 10.1. The number of hydrogen-bond donors (Lipinski definition) is 4. The maximum atomic E-state index is 12.7. The van der Waals surface area contributed by atoms with E-state index in [-0.39, 0.29) is 11.8 Å². The molecule has 5 N–H and O–H groups in total. The summed E-state index contributed by atoms with van der Waals surface area (Å²) in [7, 11) is 0. The van der Waals surface area contributed by atoms with Gasteiger partial charge < -0.3 is 31.0 Å². The van der Waals surface area contributed by atoms with Crippen LogP contribution in [0.5, 0.6) is 0 Å². The van der Waals surface area contributed by atoms with Gasteiger partial charge in [0.2, 0.25) is 12.3 Å². The first-order valence-electron chi connectivity index (χ1n) is 13.4. The average Bonchev–Trinajstić information content (AvgIpc) is 3.40. The number of aromatic amines is 1. The van der Waals surface area contributed by atoms with Crippen molar-refractivity contribution >= 4 is 46.2 Å². The Kier molecular flexibility index (Phi) is 9.69. The number of carbonyl (C=O) groups is 3. The second-order valence-corrected chi connectivity index (χ2v) is 9.58. The number of para-hydroxylation sites is 1. The number of amides is 3. The number of carbonyl (C=O) groups excluding carboxylic acids is 3. The fourth-order valence-corrected chi connectivity index (χ4v) is 4.59. The third-order valence-corrected chi connectivity index (χ3v) is 6.90. The minimum atomic E-state index is -0.142. The highest BCUT2D eigenvalue weighted by molar-refractivity contribution is 5.98. The second-order valence-electron chi connectivity index (χ2n) is 9.58. The summed E-state index contributed by atoms with van der Waals surface area (Å²) >= 11 is 0. The second kappa shape index (κ2) is 13.6. The topological polar surface area (TPSA) is 142 Å². The molecule has 3 aromatic rings. The van der Waals surface area contributed by atoms with E-state index in [0.29, 0.717) is 74.0 Å². The summed E-state index contributed by atoms with van der Waals surface area (Å²) in [5, 5.41) is 5.64. The predicted molar refractivity (Wildman–Crippen MR) is 152 cm³/mol. The van der Waals surface area contributed by atoms with E-state index in [2.05, 4.69) is 20.6 Å². The Morgan fingerprint density at radius 3 is 2.67 bits per heavy atom. The molecule has 39 heavy (non-hydrogen) atoms. The van der Waals surface area contributed by atoms with E-state index in [0.717, 1.165) is 42.3 Å². The minimum Gasteiger partial charge on any atom is -0.398 e. The van der Waals surface area contributed by atoms with Gasteiger partial charge in [0.05, 0.1) is 24.2 Å². The zero-order valence-electron chi connectivity index (χ0n) is 22.3. The van der Waals surface area contributed by atoms with Crippen LogP contribution < -0.4 is 16.4 Å². The molecular formula is C29H36N6O4. The number of rotatable bonds is 12. The van der Waals surface area contributed by atoms with Crippen LogP contribution in [0.3, 0.4) is 0 Å². The van der Waals surface area contributed by atoms with Gasteiger partial charge in [0.15, 0.2) is 0 Å². The Morgan fingerprint density at radius 2 is 1.87 bits per heavy atom. The average molecular weight is 533 g/mol. The fourth-order valence-electron chi connectivity index (χ4n) is 4.59. The van der Waals surface area contributed by atoms with E-state index in [1.165, 1.54) is 0 Å². The van der Waals surface area contributed by atoms with Crippen molar-refractivity contribution in [3.8, 4) is 0 Å². The molecule has 1 aromatic heterocycles. The van der Waals surface area contributed by atoms with Crippen molar-refractivity contribution < 1.29 is 19.1 Å². The quantitative estimate of drug-likeness (QED) is 0.208. The zero-order valence-corrected chi connectivity index (χ0v) is 22.3. The van der Waals surface area contributed by atoms with Gasteiger partial charge in [-0.25, -0.2) is 4.98 Å². The highest BCUT2D eigenvalue weighted by atomic mass is 16.5. The first kappa shape index (κ1) is 27.8. The van der Waals surface area contributed by atoms with Gasteiger partial charge in [-0.2, -0.15) is 0 Å². The van der Waals surface area contributed by atoms with Gasteiger partial charge in [0, 0.05) is 54.1 Å². The summed E-state index contributed by atoms with van der Waals surface area (Å²) in [5.74, 6) is 0.654. The van der Waals surface area contributed by atoms with Crippen molar-refractivity contribution in [3.63, 3.8) is 0 Å². The van der Waals surface area contributed by atoms with E-state index in [9.17, 15) is 14.4 Å². The summed E-state index contributed by atoms with van der Waals surface area (Å²) in [4.78, 5) is 45.6. The maximum absolute atomic E-state index is 12.7. The van der Waals surface area contributed by atoms with Gasteiger partial charge in [0.25, 0.3) is 5.91 Å². The number of nitrogens with two attached hydrogens (primary N) is 1. The Balaban J connectivity index is 1.28. The van der Waals surface area contributed by atoms with E-state index < -0.39 is 0 Å². The molecule has 0 saturated carbocycles. The Labute approximate surface area is 228 Å². The van der Waals surface area contributed by atoms with Gasteiger partial charge >= 0.3 is 0 Å². The molecule has 10 nitrogen and oxygen atoms in total. The third-order valence-electron chi connectivity index (χ3n) is 6.90. The number of allylic oxidation sites excluding steroid dienone is 1. The van der Waals surface area contributed by atoms with Crippen LogP contribution in [0.1, 0.15) is 60.8 Å². The molecule has 1 saturated heterocycles. The van der Waals surface area contributed by atoms with E-state index in [1.807, 2.05) is 30.0 Å². The molecule has 4 rings (SSSR count). The molecule has 0 aliphatic carbocycles. The summed E-state index contributed by atoms with van der Waals surface area (Å²) in [6, 6.07) is 12.6. The van der Waals surface area contributed by atoms with Crippen LogP contribution in [0, 0.1) is 0 Å². The van der Waals surface area contributed by atoms with Crippen LogP contribution in [0.2, 0.25) is 0 Å². The monoisotopic (exact) mass is 532 g/mol. The molecule has 0 spiro atoms. The van der Waals surface area contributed by atoms with E-state index >= 15 is 0 Å². The highest BCUT2D eigenvalue weighted by Gasteiger charge is 2.16. The molecule has 1 aliphatic rings. The van der Waals surface area contributed by atoms with Crippen molar-refractivity contribution in [2.75, 3.05) is 38.2 Å². The van der Waals surface area contributed by atoms with E-state index in [4.69, 9.17) is 10.5 Å². The van der Waals surface area contributed by atoms with Crippen LogP contribution >= 0.6 is 0 Å². The lowest BCUT2D eigenvalue weighted by Crippen LogP contribution is -2.40. The molecule has 1 aliphatic heterocycles. The molecular weight excluding hydrogens is 496 g/mol. The van der Waals surface area contributed by atoms with Gasteiger partial charge in [0.1, 0.15) is 5.82 Å². The fraction of sp³-hybridized carbons (Fsp3) is 0.379. The first-order valence-corrected chi connectivity index (χ1v) is 13.4. The number of unbranched alkanes of at least 4 members (excludes halogenated alkanes) is 3. The standard InChI is InChI=1S/C29H36N6O4/c1-20(27(30)22-8-5-6-9-23(22)32-19-36)28-33-24-12-11-21(18-25(24)34-28)29(38)31-13-7-3-2-4-10-26(37)35-14-16-39-17-15-35/h5-6,8-9,11-12,18-19H,2-4,7,10,13-17,30H2,1H3,(H,31,38)(H,32,36)(H,33,34)/b27-20-. The summed E-state index contributed by atoms with van der Waals surface area (Å²) in [5.41, 5.74) is 10.9. The number of imidazole rings is 1. The molecule has 1 fully saturated rings. The van der Waals surface area contributed by atoms with Crippen molar-refractivity contribution in [1.29, 1.82) is 0 Å². The van der Waals surface area contributed by atoms with Gasteiger partial charge in [-0.3, -0.25) is 14.4 Å². The number of anilines is 1. The van der Waals surface area contributed by atoms with Crippen LogP contribution in [-0.2, 0) is 14.3 Å². The number of fused-ring (bicyclic) bond motifs is 1. The predicted octanol–water partition coefficient (Wildman–Crippen LogP) is 3.52. The molecule has 3 amide bonds. The number of morpholine rings is 1. The lowest BCUT2D eigenvalue weighted by molar-refractivity contribution is -0.135. The molecule has 2 aromatic carbocycles. The van der Waals surface area contributed by atoms with Crippen LogP contribution in [0.15, 0.2) is 42.5 Å². The van der Waals surface area contributed by atoms with Gasteiger partial charge in [-0.15, -0.1) is 0 Å². The van der Waals surface area contributed by atoms with Crippen molar-refractivity contribution in [1.82, 2.24) is 20.2 Å². The molecule has 0 radical (unpaired) electrons. The summed E-state index contributed by atoms with van der Waals surface area (Å²) in [6.45, 7) is 5.07. The van der Waals surface area contributed by atoms with Gasteiger partial charge in [-0.05, 0) is 44.0 Å². The van der Waals surface area contributed by atoms with E-state index in [1.54, 1.807) is 24.3 Å². The Hall–Kier alpha value is -4.18. The number of hydrogen-bond acceptors (Lipinski definition) is 6. The first-order chi connectivity index (χ1) is 19.0. The number of ether oxygens (including phenoxy) is 1. The van der Waals surface area contributed by atoms with Crippen molar-refractivity contribution in [2.45, 2.75) is 39.0 Å². The number of H-pyrrole nitrogens is 1. The number of aromatic nitrogens is 2. The normalized spacial score (nSPS) is 14.1. The molecule has 2 heterocycles. The molecule has 206 valence electrons. The Morgan fingerprint density at radius 1 is 1.10 bits per heavy atom. The Bertz CT molecular complexity index is 1340. The lowest BCUT2D eigenvalue weighted by Gasteiger charge is -2.26. The molecule has 0 atom stereocenters. The maximum Gasteiger partial charge on any atom is 0.251 e.